The normalized spacial score (nSPS) is 14.0. The van der Waals surface area contributed by atoms with E-state index >= 15 is 0 Å². The molecule has 0 radical (unpaired) electrons. The van der Waals surface area contributed by atoms with Crippen LogP contribution in [0.2, 0.25) is 0 Å². The van der Waals surface area contributed by atoms with Gasteiger partial charge in [-0.3, -0.25) is 13.8 Å². The fourth-order valence-electron chi connectivity index (χ4n) is 8.57. The number of carbonyl (C=O) groups excluding carboxylic acids is 1. The molecule has 0 aromatic heterocycles. The van der Waals surface area contributed by atoms with Crippen molar-refractivity contribution in [3.8, 4) is 0 Å². The van der Waals surface area contributed by atoms with E-state index in [1.807, 2.05) is 21.1 Å². The zero-order valence-electron chi connectivity index (χ0n) is 43.6. The molecule has 0 spiro atoms. The number of rotatable bonds is 52. The molecule has 3 N–H and O–H groups in total. The maximum Gasteiger partial charge on any atom is 0.472 e. The predicted molar refractivity (Wildman–Crippen MR) is 277 cm³/mol. The zero-order valence-corrected chi connectivity index (χ0v) is 44.4. The molecular weight excluding hydrogens is 816 g/mol. The minimum Gasteiger partial charge on any atom is -0.391 e. The average molecular weight is 928 g/mol. The number of phosphoric acid groups is 1. The van der Waals surface area contributed by atoms with Crippen LogP contribution in [0.25, 0.3) is 0 Å². The highest BCUT2D eigenvalue weighted by Gasteiger charge is 2.28. The smallest absolute Gasteiger partial charge is 0.391 e. The van der Waals surface area contributed by atoms with Crippen LogP contribution in [0.15, 0.2) is 12.2 Å². The van der Waals surface area contributed by atoms with Gasteiger partial charge in [0.15, 0.2) is 0 Å². The van der Waals surface area contributed by atoms with Crippen molar-refractivity contribution in [2.45, 2.75) is 296 Å². The van der Waals surface area contributed by atoms with Gasteiger partial charge in [-0.05, 0) is 38.5 Å². The highest BCUT2D eigenvalue weighted by molar-refractivity contribution is 7.47. The van der Waals surface area contributed by atoms with Crippen molar-refractivity contribution in [1.82, 2.24) is 5.32 Å². The fraction of sp³-hybridized carbons (Fsp3) is 0.945. The second-order valence-corrected chi connectivity index (χ2v) is 22.1. The van der Waals surface area contributed by atoms with Crippen molar-refractivity contribution in [2.75, 3.05) is 40.9 Å². The summed E-state index contributed by atoms with van der Waals surface area (Å²) in [6.45, 7) is 4.92. The van der Waals surface area contributed by atoms with Gasteiger partial charge in [-0.25, -0.2) is 4.57 Å². The van der Waals surface area contributed by atoms with Gasteiger partial charge in [0.05, 0.1) is 39.9 Å². The Morgan fingerprint density at radius 3 is 1.20 bits per heavy atom. The first-order valence-corrected chi connectivity index (χ1v) is 29.5. The van der Waals surface area contributed by atoms with Gasteiger partial charge >= 0.3 is 7.82 Å². The van der Waals surface area contributed by atoms with E-state index in [0.717, 1.165) is 38.5 Å². The fourth-order valence-corrected chi connectivity index (χ4v) is 9.31. The van der Waals surface area contributed by atoms with Crippen LogP contribution in [-0.4, -0.2) is 73.4 Å². The highest BCUT2D eigenvalue weighted by atomic mass is 31.2. The van der Waals surface area contributed by atoms with Crippen LogP contribution >= 0.6 is 7.82 Å². The summed E-state index contributed by atoms with van der Waals surface area (Å²) in [4.78, 5) is 23.3. The Hall–Kier alpha value is -0.760. The quantitative estimate of drug-likeness (QED) is 0.0243. The molecule has 0 aliphatic rings. The lowest BCUT2D eigenvalue weighted by atomic mass is 10.0. The van der Waals surface area contributed by atoms with E-state index in [1.165, 1.54) is 218 Å². The van der Waals surface area contributed by atoms with E-state index in [1.54, 1.807) is 0 Å². The summed E-state index contributed by atoms with van der Waals surface area (Å²) >= 11 is 0. The van der Waals surface area contributed by atoms with Crippen LogP contribution < -0.4 is 5.32 Å². The first kappa shape index (κ1) is 63.2. The minimum absolute atomic E-state index is 0.0762. The highest BCUT2D eigenvalue weighted by Crippen LogP contribution is 2.43. The Bertz CT molecular complexity index is 1050. The number of hydrogen-bond acceptors (Lipinski definition) is 5. The number of amides is 1. The second-order valence-electron chi connectivity index (χ2n) is 20.7. The van der Waals surface area contributed by atoms with Crippen LogP contribution in [0.1, 0.15) is 284 Å². The molecule has 0 aromatic carbocycles. The summed E-state index contributed by atoms with van der Waals surface area (Å²) in [5.74, 6) is -0.144. The van der Waals surface area contributed by atoms with Crippen molar-refractivity contribution in [3.05, 3.63) is 12.2 Å². The Labute approximate surface area is 399 Å². The van der Waals surface area contributed by atoms with Crippen LogP contribution in [0.3, 0.4) is 0 Å². The standard InChI is InChI=1S/C55H111N2O6P/c1-6-8-10-12-14-16-18-20-22-24-26-27-28-29-30-31-32-34-36-38-40-42-44-46-48-54(58)53(52-63-64(60,61)62-51-50-57(3,4)5)56-55(59)49-47-45-43-41-39-37-35-33-25-23-21-19-17-15-13-11-9-7-2/h23,25,53-54,58H,6-22,24,26-52H2,1-5H3,(H-,56,59,60,61)/p+1/b25-23-. The molecule has 3 atom stereocenters. The van der Waals surface area contributed by atoms with E-state index < -0.39 is 20.0 Å². The number of allylic oxidation sites excluding steroid dienone is 2. The lowest BCUT2D eigenvalue weighted by Gasteiger charge is -2.26. The molecule has 8 nitrogen and oxygen atoms in total. The minimum atomic E-state index is -4.32. The Morgan fingerprint density at radius 1 is 0.516 bits per heavy atom. The number of nitrogens with one attached hydrogen (secondary N) is 1. The summed E-state index contributed by atoms with van der Waals surface area (Å²) in [5.41, 5.74) is 0. The molecule has 0 bridgehead atoms. The summed E-state index contributed by atoms with van der Waals surface area (Å²) in [7, 11) is 1.63. The molecule has 0 saturated carbocycles. The maximum absolute atomic E-state index is 13.0. The van der Waals surface area contributed by atoms with E-state index in [9.17, 15) is 19.4 Å². The molecule has 0 heterocycles. The van der Waals surface area contributed by atoms with Gasteiger partial charge in [0.2, 0.25) is 5.91 Å². The maximum atomic E-state index is 13.0. The number of nitrogens with zero attached hydrogens (tertiary/aromatic N) is 1. The average Bonchev–Trinajstić information content (AvgIpc) is 3.25. The Morgan fingerprint density at radius 2 is 0.844 bits per heavy atom. The molecule has 0 saturated heterocycles. The van der Waals surface area contributed by atoms with E-state index in [4.69, 9.17) is 9.05 Å². The van der Waals surface area contributed by atoms with E-state index in [-0.39, 0.29) is 19.1 Å². The number of likely N-dealkylation sites (N-methyl/N-ethyl adjacent to an activating group) is 1. The van der Waals surface area contributed by atoms with Crippen molar-refractivity contribution in [1.29, 1.82) is 0 Å². The van der Waals surface area contributed by atoms with Crippen LogP contribution in [0.5, 0.6) is 0 Å². The van der Waals surface area contributed by atoms with Crippen LogP contribution in [-0.2, 0) is 18.4 Å². The Balaban J connectivity index is 4.16. The van der Waals surface area contributed by atoms with Gasteiger partial charge in [0, 0.05) is 6.42 Å². The summed E-state index contributed by atoms with van der Waals surface area (Å²) < 4.78 is 23.8. The largest absolute Gasteiger partial charge is 0.472 e. The first-order chi connectivity index (χ1) is 31.0. The molecule has 0 aromatic rings. The molecule has 3 unspecified atom stereocenters. The van der Waals surface area contributed by atoms with Crippen molar-refractivity contribution >= 4 is 13.7 Å². The number of hydrogen-bond donors (Lipinski definition) is 3. The topological polar surface area (TPSA) is 105 Å². The molecule has 0 aliphatic heterocycles. The molecule has 1 amide bonds. The number of unbranched alkanes of at least 4 members (excludes halogenated alkanes) is 37. The first-order valence-electron chi connectivity index (χ1n) is 28.1. The molecule has 9 heteroatoms. The zero-order chi connectivity index (χ0) is 47.1. The van der Waals surface area contributed by atoms with Gasteiger partial charge < -0.3 is 19.8 Å². The lowest BCUT2D eigenvalue weighted by molar-refractivity contribution is -0.870. The van der Waals surface area contributed by atoms with E-state index in [2.05, 4.69) is 31.3 Å². The summed E-state index contributed by atoms with van der Waals surface area (Å²) in [5, 5.41) is 14.1. The van der Waals surface area contributed by atoms with Crippen molar-refractivity contribution in [3.63, 3.8) is 0 Å². The van der Waals surface area contributed by atoms with Gasteiger partial charge in [-0.15, -0.1) is 0 Å². The summed E-state index contributed by atoms with van der Waals surface area (Å²) in [6.07, 6.45) is 56.9. The molecule has 0 fully saturated rings. The number of aliphatic hydroxyl groups is 1. The lowest BCUT2D eigenvalue weighted by Crippen LogP contribution is -2.46. The number of phosphoric ester groups is 1. The van der Waals surface area contributed by atoms with Gasteiger partial charge in [-0.1, -0.05) is 251 Å². The monoisotopic (exact) mass is 928 g/mol. The van der Waals surface area contributed by atoms with Crippen LogP contribution in [0.4, 0.5) is 0 Å². The second kappa shape index (κ2) is 47.3. The molecule has 0 rings (SSSR count). The predicted octanol–water partition coefficient (Wildman–Crippen LogP) is 16.7. The van der Waals surface area contributed by atoms with Crippen LogP contribution in [0, 0.1) is 0 Å². The van der Waals surface area contributed by atoms with Crippen molar-refractivity contribution < 1.29 is 32.9 Å². The van der Waals surface area contributed by atoms with Crippen molar-refractivity contribution in [2.24, 2.45) is 0 Å². The SMILES string of the molecule is CCCCCCCCC/C=C\CCCCCCCCCC(=O)NC(COP(=O)(O)OCC[N+](C)(C)C)C(O)CCCCCCCCCCCCCCCCCCCCCCCCCC. The third kappa shape index (κ3) is 49.2. The molecule has 0 aliphatic carbocycles. The van der Waals surface area contributed by atoms with Gasteiger partial charge in [0.25, 0.3) is 0 Å². The van der Waals surface area contributed by atoms with Gasteiger partial charge in [0.1, 0.15) is 13.2 Å². The third-order valence-corrected chi connectivity index (χ3v) is 14.0. The summed E-state index contributed by atoms with van der Waals surface area (Å²) in [6, 6.07) is -0.760. The third-order valence-electron chi connectivity index (χ3n) is 13.0. The molecule has 382 valence electrons. The number of carbonyl (C=O) groups is 1. The molecule has 64 heavy (non-hydrogen) atoms. The molecular formula is C55H112N2O6P+. The Kier molecular flexibility index (Phi) is 46.8. The van der Waals surface area contributed by atoms with E-state index in [0.29, 0.717) is 23.9 Å². The number of quaternary nitrogens is 1. The number of aliphatic hydroxyl groups excluding tert-OH is 1. The van der Waals surface area contributed by atoms with Gasteiger partial charge in [-0.2, -0.15) is 0 Å².